The van der Waals surface area contributed by atoms with Crippen LogP contribution in [-0.2, 0) is 6.54 Å². The zero-order valence-electron chi connectivity index (χ0n) is 10.5. The Bertz CT molecular complexity index is 512. The second kappa shape index (κ2) is 4.86. The van der Waals surface area contributed by atoms with Crippen LogP contribution in [0.5, 0.6) is 0 Å². The molecule has 1 N–H and O–H groups in total. The largest absolute Gasteiger partial charge is 0.311 e. The van der Waals surface area contributed by atoms with Gasteiger partial charge in [-0.3, -0.25) is 0 Å². The molecule has 0 saturated heterocycles. The molecule has 0 atom stereocenters. The number of aromatic nitrogens is 4. The number of hydrogen-bond donors (Lipinski definition) is 1. The van der Waals surface area contributed by atoms with Crippen molar-refractivity contribution in [1.29, 1.82) is 0 Å². The summed E-state index contributed by atoms with van der Waals surface area (Å²) in [5.74, 6) is 1.45. The van der Waals surface area contributed by atoms with Gasteiger partial charge in [0.1, 0.15) is 0 Å². The van der Waals surface area contributed by atoms with Gasteiger partial charge in [-0.1, -0.05) is 6.92 Å². The van der Waals surface area contributed by atoms with E-state index in [-0.39, 0.29) is 0 Å². The maximum absolute atomic E-state index is 4.53. The van der Waals surface area contributed by atoms with E-state index in [1.807, 2.05) is 18.3 Å². The average molecular weight is 243 g/mol. The van der Waals surface area contributed by atoms with Crippen LogP contribution >= 0.6 is 0 Å². The second-order valence-corrected chi connectivity index (χ2v) is 4.62. The molecule has 0 unspecified atom stereocenters. The first-order valence-corrected chi connectivity index (χ1v) is 6.46. The molecular formula is C13H17N5. The molecule has 0 spiro atoms. The molecule has 0 aromatic carbocycles. The number of nitrogens with one attached hydrogen (secondary N) is 1. The highest BCUT2D eigenvalue weighted by Gasteiger charge is 2.25. The van der Waals surface area contributed by atoms with Crippen LogP contribution < -0.4 is 5.32 Å². The van der Waals surface area contributed by atoms with E-state index in [2.05, 4.69) is 33.6 Å². The Morgan fingerprint density at radius 2 is 2.17 bits per heavy atom. The van der Waals surface area contributed by atoms with Gasteiger partial charge in [-0.25, -0.2) is 4.68 Å². The molecule has 2 aromatic heterocycles. The van der Waals surface area contributed by atoms with Gasteiger partial charge in [-0.15, -0.1) is 5.10 Å². The number of rotatable bonds is 5. The predicted molar refractivity (Wildman–Crippen MR) is 68.5 cm³/mol. The Morgan fingerprint density at radius 3 is 2.83 bits per heavy atom. The van der Waals surface area contributed by atoms with Crippen molar-refractivity contribution in [3.63, 3.8) is 0 Å². The van der Waals surface area contributed by atoms with Crippen LogP contribution in [0, 0.1) is 0 Å². The van der Waals surface area contributed by atoms with Crippen molar-refractivity contribution in [1.82, 2.24) is 25.3 Å². The first kappa shape index (κ1) is 11.3. The highest BCUT2D eigenvalue weighted by molar-refractivity contribution is 5.23. The lowest BCUT2D eigenvalue weighted by molar-refractivity contribution is 0.690. The molecule has 1 aliphatic rings. The molecule has 94 valence electrons. The van der Waals surface area contributed by atoms with Crippen molar-refractivity contribution < 1.29 is 0 Å². The van der Waals surface area contributed by atoms with Crippen LogP contribution in [0.3, 0.4) is 0 Å². The molecule has 5 heteroatoms. The van der Waals surface area contributed by atoms with Crippen molar-refractivity contribution in [3.05, 3.63) is 35.8 Å². The summed E-state index contributed by atoms with van der Waals surface area (Å²) < 4.78 is 1.80. The van der Waals surface area contributed by atoms with Crippen molar-refractivity contribution in [2.75, 3.05) is 6.54 Å². The molecule has 2 aromatic rings. The Hall–Kier alpha value is -1.75. The molecule has 0 radical (unpaired) electrons. The van der Waals surface area contributed by atoms with Gasteiger partial charge < -0.3 is 5.32 Å². The van der Waals surface area contributed by atoms with Crippen LogP contribution in [0.2, 0.25) is 0 Å². The standard InChI is InChI=1S/C13H17N5/c1-2-14-9-11-5-6-13(16-15-11)18-8-7-12(17-18)10-3-4-10/h5-8,10,14H,2-4,9H2,1H3. The third-order valence-electron chi connectivity index (χ3n) is 3.10. The maximum atomic E-state index is 4.53. The van der Waals surface area contributed by atoms with Crippen molar-refractivity contribution in [2.45, 2.75) is 32.2 Å². The molecular weight excluding hydrogens is 226 g/mol. The first-order chi connectivity index (χ1) is 8.86. The maximum Gasteiger partial charge on any atom is 0.175 e. The van der Waals surface area contributed by atoms with Crippen molar-refractivity contribution >= 4 is 0 Å². The van der Waals surface area contributed by atoms with Gasteiger partial charge in [-0.05, 0) is 37.6 Å². The minimum absolute atomic E-state index is 0.673. The first-order valence-electron chi connectivity index (χ1n) is 6.46. The van der Waals surface area contributed by atoms with E-state index >= 15 is 0 Å². The van der Waals surface area contributed by atoms with E-state index in [0.717, 1.165) is 24.6 Å². The van der Waals surface area contributed by atoms with Gasteiger partial charge in [0.05, 0.1) is 11.4 Å². The monoisotopic (exact) mass is 243 g/mol. The normalized spacial score (nSPS) is 14.9. The van der Waals surface area contributed by atoms with Gasteiger partial charge in [0, 0.05) is 18.7 Å². The van der Waals surface area contributed by atoms with E-state index in [1.165, 1.54) is 18.5 Å². The third kappa shape index (κ3) is 2.41. The summed E-state index contributed by atoms with van der Waals surface area (Å²) >= 11 is 0. The zero-order chi connectivity index (χ0) is 12.4. The SMILES string of the molecule is CCNCc1ccc(-n2ccc(C3CC3)n2)nn1. The fourth-order valence-electron chi connectivity index (χ4n) is 1.88. The minimum Gasteiger partial charge on any atom is -0.311 e. The zero-order valence-corrected chi connectivity index (χ0v) is 10.5. The summed E-state index contributed by atoms with van der Waals surface area (Å²) in [6.07, 6.45) is 4.50. The summed E-state index contributed by atoms with van der Waals surface area (Å²) in [5.41, 5.74) is 2.13. The molecule has 1 saturated carbocycles. The molecule has 0 bridgehead atoms. The Labute approximate surface area is 106 Å². The van der Waals surface area contributed by atoms with Crippen LogP contribution in [-0.4, -0.2) is 26.5 Å². The van der Waals surface area contributed by atoms with E-state index in [1.54, 1.807) is 4.68 Å². The third-order valence-corrected chi connectivity index (χ3v) is 3.10. The quantitative estimate of drug-likeness (QED) is 0.867. The minimum atomic E-state index is 0.673. The van der Waals surface area contributed by atoms with Gasteiger partial charge in [-0.2, -0.15) is 10.2 Å². The van der Waals surface area contributed by atoms with Gasteiger partial charge in [0.2, 0.25) is 0 Å². The van der Waals surface area contributed by atoms with E-state index in [0.29, 0.717) is 5.92 Å². The molecule has 1 fully saturated rings. The van der Waals surface area contributed by atoms with E-state index < -0.39 is 0 Å². The Morgan fingerprint density at radius 1 is 1.28 bits per heavy atom. The number of nitrogens with zero attached hydrogens (tertiary/aromatic N) is 4. The fourth-order valence-corrected chi connectivity index (χ4v) is 1.88. The fraction of sp³-hybridized carbons (Fsp3) is 0.462. The highest BCUT2D eigenvalue weighted by atomic mass is 15.3. The van der Waals surface area contributed by atoms with Crippen LogP contribution in [0.25, 0.3) is 5.82 Å². The molecule has 2 heterocycles. The Kier molecular flexibility index (Phi) is 3.06. The second-order valence-electron chi connectivity index (χ2n) is 4.62. The summed E-state index contributed by atoms with van der Waals surface area (Å²) in [4.78, 5) is 0. The molecule has 18 heavy (non-hydrogen) atoms. The van der Waals surface area contributed by atoms with Crippen molar-refractivity contribution in [3.8, 4) is 5.82 Å². The van der Waals surface area contributed by atoms with Crippen LogP contribution in [0.1, 0.15) is 37.1 Å². The van der Waals surface area contributed by atoms with E-state index in [4.69, 9.17) is 0 Å². The molecule has 0 aliphatic heterocycles. The molecule has 1 aliphatic carbocycles. The van der Waals surface area contributed by atoms with Crippen LogP contribution in [0.15, 0.2) is 24.4 Å². The summed E-state index contributed by atoms with van der Waals surface area (Å²) in [5, 5.41) is 16.2. The van der Waals surface area contributed by atoms with Gasteiger partial charge >= 0.3 is 0 Å². The van der Waals surface area contributed by atoms with Gasteiger partial charge in [0.25, 0.3) is 0 Å². The summed E-state index contributed by atoms with van der Waals surface area (Å²) in [6, 6.07) is 6.03. The van der Waals surface area contributed by atoms with Gasteiger partial charge in [0.15, 0.2) is 5.82 Å². The van der Waals surface area contributed by atoms with E-state index in [9.17, 15) is 0 Å². The lowest BCUT2D eigenvalue weighted by atomic mass is 10.3. The average Bonchev–Trinajstić information content (AvgIpc) is 3.15. The summed E-state index contributed by atoms with van der Waals surface area (Å²) in [6.45, 7) is 3.77. The molecule has 3 rings (SSSR count). The lowest BCUT2D eigenvalue weighted by Gasteiger charge is -2.02. The number of hydrogen-bond acceptors (Lipinski definition) is 4. The predicted octanol–water partition coefficient (Wildman–Crippen LogP) is 1.65. The Balaban J connectivity index is 1.74. The topological polar surface area (TPSA) is 55.6 Å². The summed E-state index contributed by atoms with van der Waals surface area (Å²) in [7, 11) is 0. The highest BCUT2D eigenvalue weighted by Crippen LogP contribution is 2.38. The van der Waals surface area contributed by atoms with Crippen LogP contribution in [0.4, 0.5) is 0 Å². The van der Waals surface area contributed by atoms with Crippen molar-refractivity contribution in [2.24, 2.45) is 0 Å². The smallest absolute Gasteiger partial charge is 0.175 e. The lowest BCUT2D eigenvalue weighted by Crippen LogP contribution is -2.13. The molecule has 0 amide bonds. The molecule has 5 nitrogen and oxygen atoms in total.